The van der Waals surface area contributed by atoms with Crippen molar-refractivity contribution in [3.05, 3.63) is 99.0 Å². The lowest BCUT2D eigenvalue weighted by Gasteiger charge is -2.32. The van der Waals surface area contributed by atoms with Crippen LogP contribution in [0.25, 0.3) is 0 Å². The molecule has 0 aliphatic rings. The summed E-state index contributed by atoms with van der Waals surface area (Å²) in [5, 5.41) is 3.10. The number of halogens is 1. The number of hydrogen-bond acceptors (Lipinski definition) is 3. The molecule has 0 fully saturated rings. The Hall–Kier alpha value is -3.12. The van der Waals surface area contributed by atoms with E-state index < -0.39 is 6.04 Å². The summed E-state index contributed by atoms with van der Waals surface area (Å²) >= 11 is 3.48. The fourth-order valence-electron chi connectivity index (χ4n) is 4.15. The van der Waals surface area contributed by atoms with Gasteiger partial charge < -0.3 is 15.0 Å². The van der Waals surface area contributed by atoms with Crippen LogP contribution in [-0.2, 0) is 22.6 Å². The predicted octanol–water partition coefficient (Wildman–Crippen LogP) is 6.31. The second-order valence-electron chi connectivity index (χ2n) is 9.67. The van der Waals surface area contributed by atoms with Gasteiger partial charge >= 0.3 is 0 Å². The minimum Gasteiger partial charge on any atom is -0.483 e. The first-order chi connectivity index (χ1) is 17.7. The van der Waals surface area contributed by atoms with E-state index in [9.17, 15) is 9.59 Å². The molecule has 0 heterocycles. The van der Waals surface area contributed by atoms with E-state index >= 15 is 0 Å². The van der Waals surface area contributed by atoms with Gasteiger partial charge in [-0.15, -0.1) is 0 Å². The smallest absolute Gasteiger partial charge is 0.261 e. The van der Waals surface area contributed by atoms with Crippen molar-refractivity contribution in [3.63, 3.8) is 0 Å². The molecule has 3 rings (SSSR count). The summed E-state index contributed by atoms with van der Waals surface area (Å²) in [4.78, 5) is 29.0. The van der Waals surface area contributed by atoms with Gasteiger partial charge in [-0.3, -0.25) is 9.59 Å². The van der Waals surface area contributed by atoms with E-state index in [1.807, 2.05) is 95.3 Å². The third-order valence-corrected chi connectivity index (χ3v) is 7.18. The minimum absolute atomic E-state index is 0.00424. The number of rotatable bonds is 11. The molecule has 3 aromatic rings. The fraction of sp³-hybridized carbons (Fsp3) is 0.355. The highest BCUT2D eigenvalue weighted by atomic mass is 79.9. The molecule has 2 atom stereocenters. The molecule has 2 amide bonds. The van der Waals surface area contributed by atoms with Crippen LogP contribution in [0.3, 0.4) is 0 Å². The third kappa shape index (κ3) is 8.19. The van der Waals surface area contributed by atoms with Crippen molar-refractivity contribution in [3.8, 4) is 5.75 Å². The number of aryl methyl sites for hydroxylation is 2. The van der Waals surface area contributed by atoms with Crippen molar-refractivity contribution in [2.75, 3.05) is 6.61 Å². The van der Waals surface area contributed by atoms with Crippen LogP contribution in [0.1, 0.15) is 48.1 Å². The standard InChI is InChI=1S/C31H37BrN2O3/c1-6-23(4)33-31(36)28(18-25-10-8-7-9-11-25)34(19-26-12-14-27(32)15-13-26)30(35)20-37-29-17-21(2)16-22(3)24(29)5/h7-17,23,28H,6,18-20H2,1-5H3,(H,33,36)/t23-,28+/m0/s1. The lowest BCUT2D eigenvalue weighted by Crippen LogP contribution is -2.53. The van der Waals surface area contributed by atoms with Gasteiger partial charge in [0, 0.05) is 23.5 Å². The maximum Gasteiger partial charge on any atom is 0.261 e. The highest BCUT2D eigenvalue weighted by Gasteiger charge is 2.31. The quantitative estimate of drug-likeness (QED) is 0.297. The molecule has 0 saturated carbocycles. The zero-order valence-corrected chi connectivity index (χ0v) is 24.0. The topological polar surface area (TPSA) is 58.6 Å². The Labute approximate surface area is 229 Å². The summed E-state index contributed by atoms with van der Waals surface area (Å²) in [6.07, 6.45) is 1.22. The van der Waals surface area contributed by atoms with Crippen molar-refractivity contribution < 1.29 is 14.3 Å². The van der Waals surface area contributed by atoms with Gasteiger partial charge in [0.05, 0.1) is 0 Å². The largest absolute Gasteiger partial charge is 0.483 e. The Balaban J connectivity index is 1.94. The molecule has 37 heavy (non-hydrogen) atoms. The van der Waals surface area contributed by atoms with E-state index in [-0.39, 0.29) is 24.5 Å². The molecule has 0 aliphatic carbocycles. The van der Waals surface area contributed by atoms with Crippen LogP contribution in [0.15, 0.2) is 71.2 Å². The van der Waals surface area contributed by atoms with E-state index in [1.165, 1.54) is 0 Å². The number of carbonyl (C=O) groups is 2. The zero-order valence-electron chi connectivity index (χ0n) is 22.4. The van der Waals surface area contributed by atoms with E-state index in [0.29, 0.717) is 18.7 Å². The Morgan fingerprint density at radius 1 is 0.973 bits per heavy atom. The molecular formula is C31H37BrN2O3. The summed E-state index contributed by atoms with van der Waals surface area (Å²) in [5.41, 5.74) is 5.13. The van der Waals surface area contributed by atoms with Crippen molar-refractivity contribution in [1.82, 2.24) is 10.2 Å². The van der Waals surface area contributed by atoms with Gasteiger partial charge in [0.15, 0.2) is 6.61 Å². The minimum atomic E-state index is -0.684. The summed E-state index contributed by atoms with van der Waals surface area (Å²) in [6, 6.07) is 21.0. The van der Waals surface area contributed by atoms with Gasteiger partial charge in [0.2, 0.25) is 5.91 Å². The monoisotopic (exact) mass is 564 g/mol. The number of nitrogens with one attached hydrogen (secondary N) is 1. The lowest BCUT2D eigenvalue weighted by atomic mass is 10.0. The van der Waals surface area contributed by atoms with E-state index in [4.69, 9.17) is 4.74 Å². The zero-order chi connectivity index (χ0) is 26.9. The van der Waals surface area contributed by atoms with Gasteiger partial charge in [-0.25, -0.2) is 0 Å². The molecule has 0 aromatic heterocycles. The van der Waals surface area contributed by atoms with Gasteiger partial charge in [0.25, 0.3) is 5.91 Å². The maximum atomic E-state index is 13.8. The fourth-order valence-corrected chi connectivity index (χ4v) is 4.42. The van der Waals surface area contributed by atoms with Gasteiger partial charge in [-0.1, -0.05) is 71.4 Å². The molecule has 0 bridgehead atoms. The molecular weight excluding hydrogens is 528 g/mol. The molecule has 0 saturated heterocycles. The summed E-state index contributed by atoms with van der Waals surface area (Å²) in [5.74, 6) is 0.297. The van der Waals surface area contributed by atoms with E-state index in [0.717, 1.165) is 38.7 Å². The third-order valence-electron chi connectivity index (χ3n) is 6.65. The van der Waals surface area contributed by atoms with Crippen LogP contribution in [0, 0.1) is 20.8 Å². The maximum absolute atomic E-state index is 13.8. The Morgan fingerprint density at radius 2 is 1.65 bits per heavy atom. The molecule has 5 nitrogen and oxygen atoms in total. The normalized spacial score (nSPS) is 12.5. The second-order valence-corrected chi connectivity index (χ2v) is 10.6. The number of nitrogens with zero attached hydrogens (tertiary/aromatic N) is 1. The molecule has 3 aromatic carbocycles. The SMILES string of the molecule is CC[C@H](C)NC(=O)[C@@H](Cc1ccccc1)N(Cc1ccc(Br)cc1)C(=O)COc1cc(C)cc(C)c1C. The lowest BCUT2D eigenvalue weighted by molar-refractivity contribution is -0.143. The Morgan fingerprint density at radius 3 is 2.30 bits per heavy atom. The van der Waals surface area contributed by atoms with Gasteiger partial charge in [-0.2, -0.15) is 0 Å². The van der Waals surface area contributed by atoms with E-state index in [1.54, 1.807) is 4.90 Å². The Bertz CT molecular complexity index is 1200. The van der Waals surface area contributed by atoms with Crippen molar-refractivity contribution in [2.45, 2.75) is 66.1 Å². The number of hydrogen-bond donors (Lipinski definition) is 1. The average molecular weight is 566 g/mol. The van der Waals surface area contributed by atoms with Crippen molar-refractivity contribution >= 4 is 27.7 Å². The van der Waals surface area contributed by atoms with Gasteiger partial charge in [-0.05, 0) is 80.1 Å². The average Bonchev–Trinajstić information content (AvgIpc) is 2.88. The van der Waals surface area contributed by atoms with Crippen LogP contribution < -0.4 is 10.1 Å². The molecule has 0 radical (unpaired) electrons. The number of amides is 2. The van der Waals surface area contributed by atoms with Crippen LogP contribution in [-0.4, -0.2) is 35.4 Å². The van der Waals surface area contributed by atoms with Crippen LogP contribution in [0.5, 0.6) is 5.75 Å². The molecule has 0 aliphatic heterocycles. The predicted molar refractivity (Wildman–Crippen MR) is 153 cm³/mol. The number of benzene rings is 3. The highest BCUT2D eigenvalue weighted by Crippen LogP contribution is 2.24. The second kappa shape index (κ2) is 13.4. The van der Waals surface area contributed by atoms with Crippen molar-refractivity contribution in [1.29, 1.82) is 0 Å². The van der Waals surface area contributed by atoms with Crippen LogP contribution >= 0.6 is 15.9 Å². The molecule has 6 heteroatoms. The van der Waals surface area contributed by atoms with Gasteiger partial charge in [0.1, 0.15) is 11.8 Å². The molecule has 1 N–H and O–H groups in total. The first kappa shape index (κ1) is 28.5. The molecule has 196 valence electrons. The summed E-state index contributed by atoms with van der Waals surface area (Å²) in [7, 11) is 0. The van der Waals surface area contributed by atoms with Crippen molar-refractivity contribution in [2.24, 2.45) is 0 Å². The highest BCUT2D eigenvalue weighted by molar-refractivity contribution is 9.10. The summed E-state index contributed by atoms with van der Waals surface area (Å²) in [6.45, 7) is 10.2. The molecule has 0 spiro atoms. The van der Waals surface area contributed by atoms with Crippen LogP contribution in [0.4, 0.5) is 0 Å². The molecule has 0 unspecified atom stereocenters. The first-order valence-corrected chi connectivity index (χ1v) is 13.6. The Kier molecular flexibility index (Phi) is 10.3. The number of ether oxygens (including phenoxy) is 1. The summed E-state index contributed by atoms with van der Waals surface area (Å²) < 4.78 is 7.01. The van der Waals surface area contributed by atoms with E-state index in [2.05, 4.69) is 27.3 Å². The number of carbonyl (C=O) groups excluding carboxylic acids is 2. The van der Waals surface area contributed by atoms with Crippen LogP contribution in [0.2, 0.25) is 0 Å². The first-order valence-electron chi connectivity index (χ1n) is 12.8.